The maximum Gasteiger partial charge on any atom is 0.305 e. The number of unbranched alkanes of at least 4 members (excludes halogenated alkanes) is 37. The summed E-state index contributed by atoms with van der Waals surface area (Å²) in [5.41, 5.74) is 0. The molecule has 0 rings (SSSR count). The molecule has 0 spiro atoms. The molecule has 0 aliphatic heterocycles. The topological polar surface area (TPSA) is 73.2 Å². The number of aliphatic hydroxyl groups excluding tert-OH is 2. The van der Waals surface area contributed by atoms with Gasteiger partial charge in [0.05, 0.1) is 19.8 Å². The van der Waals surface area contributed by atoms with E-state index in [0.717, 1.165) is 65.0 Å². The van der Waals surface area contributed by atoms with Crippen molar-refractivity contribution in [2.24, 2.45) is 0 Å². The van der Waals surface area contributed by atoms with Crippen LogP contribution in [0.25, 0.3) is 0 Å². The first-order valence-corrected chi connectivity index (χ1v) is 29.8. The Hall–Kier alpha value is -1.21. The Morgan fingerprint density at radius 2 is 0.591 bits per heavy atom. The van der Waals surface area contributed by atoms with Crippen LogP contribution < -0.4 is 0 Å². The van der Waals surface area contributed by atoms with Crippen LogP contribution in [0, 0.1) is 0 Å². The zero-order valence-corrected chi connectivity index (χ0v) is 44.9. The van der Waals surface area contributed by atoms with Crippen LogP contribution in [0.4, 0.5) is 0 Å². The molecule has 0 atom stereocenters. The van der Waals surface area contributed by atoms with Gasteiger partial charge in [-0.25, -0.2) is 0 Å². The van der Waals surface area contributed by atoms with Gasteiger partial charge in [-0.3, -0.25) is 4.79 Å². The fraction of sp³-hybridized carbons (Fsp3) is 0.917. The van der Waals surface area contributed by atoms with Crippen LogP contribution in [0.2, 0.25) is 0 Å². The van der Waals surface area contributed by atoms with Crippen LogP contribution in [0.15, 0.2) is 24.3 Å². The number of rotatable bonds is 57. The van der Waals surface area contributed by atoms with Crippen LogP contribution in [0.3, 0.4) is 0 Å². The number of esters is 1. The van der Waals surface area contributed by atoms with Crippen molar-refractivity contribution in [2.75, 3.05) is 59.1 Å². The molecule has 0 amide bonds. The molecule has 0 saturated carbocycles. The Bertz CT molecular complexity index is 972. The zero-order chi connectivity index (χ0) is 47.7. The molecule has 0 aromatic carbocycles. The normalized spacial score (nSPS) is 12.0. The zero-order valence-electron chi connectivity index (χ0n) is 44.9. The molecule has 0 fully saturated rings. The third kappa shape index (κ3) is 53.7. The monoisotopic (exact) mass is 931 g/mol. The van der Waals surface area contributed by atoms with E-state index in [4.69, 9.17) is 4.74 Å². The van der Waals surface area contributed by atoms with Crippen molar-refractivity contribution in [1.29, 1.82) is 0 Å². The summed E-state index contributed by atoms with van der Waals surface area (Å²) in [5.74, 6) is -0.0105. The standard InChI is InChI=1S/C60H118N2O4/c1-3-5-7-9-11-13-15-17-19-21-23-25-27-33-39-45-51-61(55-57-63)53-47-41-35-29-30-37-43-49-59-66-60(65)50-44-38-32-31-36-42-48-54-62(56-58-64)52-46-40-34-28-26-24-22-20-18-16-14-12-10-8-6-4-2/h17-20,63-64H,3-16,21-59H2,1-2H3/b19-17-,20-18-. The average Bonchev–Trinajstić information content (AvgIpc) is 3.32. The number of ether oxygens (including phenoxy) is 1. The second kappa shape index (κ2) is 58.1. The van der Waals surface area contributed by atoms with E-state index in [-0.39, 0.29) is 19.2 Å². The van der Waals surface area contributed by atoms with Crippen LogP contribution in [0.1, 0.15) is 296 Å². The summed E-state index contributed by atoms with van der Waals surface area (Å²) in [6, 6.07) is 0. The first kappa shape index (κ1) is 64.8. The lowest BCUT2D eigenvalue weighted by Crippen LogP contribution is -2.29. The third-order valence-electron chi connectivity index (χ3n) is 13.8. The minimum absolute atomic E-state index is 0.0105. The molecule has 392 valence electrons. The minimum atomic E-state index is -0.0105. The maximum absolute atomic E-state index is 12.2. The Morgan fingerprint density at radius 1 is 0.333 bits per heavy atom. The van der Waals surface area contributed by atoms with Gasteiger partial charge < -0.3 is 24.7 Å². The molecule has 0 heterocycles. The lowest BCUT2D eigenvalue weighted by Gasteiger charge is -2.21. The van der Waals surface area contributed by atoms with E-state index in [2.05, 4.69) is 48.0 Å². The highest BCUT2D eigenvalue weighted by molar-refractivity contribution is 5.69. The first-order valence-electron chi connectivity index (χ1n) is 29.8. The van der Waals surface area contributed by atoms with Gasteiger partial charge in [0, 0.05) is 19.5 Å². The second-order valence-electron chi connectivity index (χ2n) is 20.3. The number of carbonyl (C=O) groups is 1. The molecule has 0 aromatic heterocycles. The van der Waals surface area contributed by atoms with Gasteiger partial charge in [-0.1, -0.05) is 224 Å². The van der Waals surface area contributed by atoms with E-state index in [1.165, 1.54) is 250 Å². The van der Waals surface area contributed by atoms with Crippen molar-refractivity contribution in [3.05, 3.63) is 24.3 Å². The number of hydrogen-bond donors (Lipinski definition) is 2. The number of allylic oxidation sites excluding steroid dienone is 4. The molecule has 0 saturated heterocycles. The minimum Gasteiger partial charge on any atom is -0.466 e. The Kier molecular flexibility index (Phi) is 57.0. The molecule has 66 heavy (non-hydrogen) atoms. The van der Waals surface area contributed by atoms with E-state index in [1.807, 2.05) is 0 Å². The fourth-order valence-corrected chi connectivity index (χ4v) is 9.36. The van der Waals surface area contributed by atoms with E-state index in [0.29, 0.717) is 13.0 Å². The van der Waals surface area contributed by atoms with E-state index in [9.17, 15) is 15.0 Å². The summed E-state index contributed by atoms with van der Waals surface area (Å²) in [6.07, 6.45) is 66.0. The molecule has 6 heteroatoms. The average molecular weight is 932 g/mol. The van der Waals surface area contributed by atoms with E-state index >= 15 is 0 Å². The molecular formula is C60H118N2O4. The number of hydrogen-bond acceptors (Lipinski definition) is 6. The van der Waals surface area contributed by atoms with Crippen molar-refractivity contribution in [2.45, 2.75) is 296 Å². The summed E-state index contributed by atoms with van der Waals surface area (Å²) < 4.78 is 5.53. The summed E-state index contributed by atoms with van der Waals surface area (Å²) in [6.45, 7) is 11.8. The molecule has 0 unspecified atom stereocenters. The first-order chi connectivity index (χ1) is 32.7. The summed E-state index contributed by atoms with van der Waals surface area (Å²) in [5, 5.41) is 19.1. The van der Waals surface area contributed by atoms with Crippen molar-refractivity contribution in [1.82, 2.24) is 9.80 Å². The second-order valence-corrected chi connectivity index (χ2v) is 20.3. The molecule has 0 radical (unpaired) electrons. The number of carbonyl (C=O) groups excluding carboxylic acids is 1. The van der Waals surface area contributed by atoms with Crippen molar-refractivity contribution < 1.29 is 19.7 Å². The lowest BCUT2D eigenvalue weighted by atomic mass is 10.1. The molecule has 6 nitrogen and oxygen atoms in total. The van der Waals surface area contributed by atoms with Crippen molar-refractivity contribution in [3.8, 4) is 0 Å². The largest absolute Gasteiger partial charge is 0.466 e. The number of nitrogens with zero attached hydrogens (tertiary/aromatic N) is 2. The Morgan fingerprint density at radius 3 is 0.894 bits per heavy atom. The predicted octanol–water partition coefficient (Wildman–Crippen LogP) is 17.4. The molecule has 0 bridgehead atoms. The third-order valence-corrected chi connectivity index (χ3v) is 13.8. The van der Waals surface area contributed by atoms with Crippen LogP contribution in [0.5, 0.6) is 0 Å². The highest BCUT2D eigenvalue weighted by Gasteiger charge is 2.07. The van der Waals surface area contributed by atoms with Gasteiger partial charge in [-0.05, 0) is 116 Å². The molecular weight excluding hydrogens is 813 g/mol. The summed E-state index contributed by atoms with van der Waals surface area (Å²) in [7, 11) is 0. The predicted molar refractivity (Wildman–Crippen MR) is 291 cm³/mol. The van der Waals surface area contributed by atoms with Crippen molar-refractivity contribution >= 4 is 5.97 Å². The quantitative estimate of drug-likeness (QED) is 0.0360. The highest BCUT2D eigenvalue weighted by atomic mass is 16.5. The highest BCUT2D eigenvalue weighted by Crippen LogP contribution is 2.15. The molecule has 0 aliphatic carbocycles. The lowest BCUT2D eigenvalue weighted by molar-refractivity contribution is -0.143. The van der Waals surface area contributed by atoms with Crippen LogP contribution in [-0.2, 0) is 9.53 Å². The molecule has 0 aromatic rings. The summed E-state index contributed by atoms with van der Waals surface area (Å²) >= 11 is 0. The molecule has 0 aliphatic rings. The van der Waals surface area contributed by atoms with E-state index < -0.39 is 0 Å². The smallest absolute Gasteiger partial charge is 0.305 e. The maximum atomic E-state index is 12.2. The van der Waals surface area contributed by atoms with E-state index in [1.54, 1.807) is 0 Å². The SMILES string of the molecule is CCCCCCCC/C=C\CCCCCCCCN(CCO)CCCCCCCCCCOC(=O)CCCCCCCCCN(CCO)CCCCCCCC/C=C\CCCCCCCC. The number of aliphatic hydroxyl groups is 2. The van der Waals surface area contributed by atoms with Gasteiger partial charge in [-0.15, -0.1) is 0 Å². The van der Waals surface area contributed by atoms with Gasteiger partial charge in [0.1, 0.15) is 0 Å². The van der Waals surface area contributed by atoms with Gasteiger partial charge in [0.15, 0.2) is 0 Å². The van der Waals surface area contributed by atoms with Gasteiger partial charge in [-0.2, -0.15) is 0 Å². The van der Waals surface area contributed by atoms with Crippen molar-refractivity contribution in [3.63, 3.8) is 0 Å². The Labute approximate surface area is 413 Å². The summed E-state index contributed by atoms with van der Waals surface area (Å²) in [4.78, 5) is 17.2. The Balaban J connectivity index is 3.54. The molecule has 2 N–H and O–H groups in total. The van der Waals surface area contributed by atoms with Gasteiger partial charge in [0.25, 0.3) is 0 Å². The van der Waals surface area contributed by atoms with Gasteiger partial charge >= 0.3 is 5.97 Å². The van der Waals surface area contributed by atoms with Gasteiger partial charge in [0.2, 0.25) is 0 Å². The van der Waals surface area contributed by atoms with Crippen LogP contribution in [-0.4, -0.2) is 85.1 Å². The fourth-order valence-electron chi connectivity index (χ4n) is 9.36. The van der Waals surface area contributed by atoms with Crippen LogP contribution >= 0.6 is 0 Å².